The van der Waals surface area contributed by atoms with Crippen molar-refractivity contribution in [1.29, 1.82) is 0 Å². The fraction of sp³-hybridized carbons (Fsp3) is 0.833. The van der Waals surface area contributed by atoms with Crippen LogP contribution >= 0.6 is 0 Å². The standard InChI is InChI=1S/C18H22F2O9S/c1-8(21)27-12-9-7-10-13(12)29-30(25,26)14(10)11(9)15(22)28-17(5-3-2-4-6-17)18(19,20)16(23)24/h9-14H,2-7H2,1H3,(H,23,24). The molecule has 6 unspecified atom stereocenters. The average molecular weight is 452 g/mol. The number of ether oxygens (including phenoxy) is 2. The number of carbonyl (C=O) groups is 3. The summed E-state index contributed by atoms with van der Waals surface area (Å²) in [6.45, 7) is 1.13. The molecule has 0 aromatic carbocycles. The van der Waals surface area contributed by atoms with Gasteiger partial charge in [0.25, 0.3) is 10.1 Å². The molecule has 2 bridgehead atoms. The van der Waals surface area contributed by atoms with E-state index in [9.17, 15) is 31.6 Å². The van der Waals surface area contributed by atoms with E-state index in [1.165, 1.54) is 0 Å². The summed E-state index contributed by atoms with van der Waals surface area (Å²) in [5.41, 5.74) is -2.55. The number of carboxylic acid groups (broad SMARTS) is 1. The monoisotopic (exact) mass is 452 g/mol. The third kappa shape index (κ3) is 2.94. The molecule has 3 aliphatic carbocycles. The highest BCUT2D eigenvalue weighted by atomic mass is 32.2. The van der Waals surface area contributed by atoms with Crippen molar-refractivity contribution in [2.24, 2.45) is 17.8 Å². The van der Waals surface area contributed by atoms with Crippen LogP contribution in [0.4, 0.5) is 8.78 Å². The Balaban J connectivity index is 1.66. The number of aliphatic carboxylic acids is 1. The zero-order chi connectivity index (χ0) is 22.1. The lowest BCUT2D eigenvalue weighted by Crippen LogP contribution is -2.58. The van der Waals surface area contributed by atoms with Gasteiger partial charge in [0.15, 0.2) is 5.60 Å². The maximum atomic E-state index is 14.6. The van der Waals surface area contributed by atoms with Gasteiger partial charge in [0.05, 0.1) is 5.92 Å². The highest BCUT2D eigenvalue weighted by Gasteiger charge is 2.73. The van der Waals surface area contributed by atoms with Crippen LogP contribution in [0.15, 0.2) is 0 Å². The van der Waals surface area contributed by atoms with Gasteiger partial charge in [-0.2, -0.15) is 17.2 Å². The molecule has 1 heterocycles. The first kappa shape index (κ1) is 21.4. The Morgan fingerprint density at radius 1 is 1.13 bits per heavy atom. The average Bonchev–Trinajstić information content (AvgIpc) is 3.24. The lowest BCUT2D eigenvalue weighted by Gasteiger charge is -2.41. The Kier molecular flexibility index (Phi) is 4.88. The van der Waals surface area contributed by atoms with Gasteiger partial charge in [-0.3, -0.25) is 13.8 Å². The van der Waals surface area contributed by atoms with Crippen molar-refractivity contribution < 1.29 is 50.3 Å². The summed E-state index contributed by atoms with van der Waals surface area (Å²) in [6, 6.07) is 0. The largest absolute Gasteiger partial charge is 0.477 e. The maximum Gasteiger partial charge on any atom is 0.381 e. The van der Waals surface area contributed by atoms with Gasteiger partial charge < -0.3 is 14.6 Å². The molecule has 3 saturated carbocycles. The molecule has 0 spiro atoms. The molecular formula is C18H22F2O9S. The van der Waals surface area contributed by atoms with Crippen molar-refractivity contribution in [2.45, 2.75) is 74.4 Å². The van der Waals surface area contributed by atoms with Gasteiger partial charge >= 0.3 is 23.8 Å². The molecule has 9 nitrogen and oxygen atoms in total. The van der Waals surface area contributed by atoms with Crippen LogP contribution in [0.1, 0.15) is 45.4 Å². The molecule has 4 fully saturated rings. The fourth-order valence-electron chi connectivity index (χ4n) is 5.70. The quantitative estimate of drug-likeness (QED) is 0.483. The fourth-order valence-corrected chi connectivity index (χ4v) is 7.76. The Morgan fingerprint density at radius 3 is 2.33 bits per heavy atom. The van der Waals surface area contributed by atoms with Gasteiger partial charge in [0.1, 0.15) is 17.5 Å². The van der Waals surface area contributed by atoms with Crippen molar-refractivity contribution >= 4 is 28.0 Å². The number of fused-ring (bicyclic) bond motifs is 1. The van der Waals surface area contributed by atoms with Crippen molar-refractivity contribution in [1.82, 2.24) is 0 Å². The summed E-state index contributed by atoms with van der Waals surface area (Å²) in [7, 11) is -4.20. The molecule has 0 radical (unpaired) electrons. The topological polar surface area (TPSA) is 133 Å². The second-order valence-electron chi connectivity index (χ2n) is 8.54. The van der Waals surface area contributed by atoms with Crippen molar-refractivity contribution in [3.63, 3.8) is 0 Å². The Bertz CT molecular complexity index is 880. The lowest BCUT2D eigenvalue weighted by atomic mass is 9.79. The predicted octanol–water partition coefficient (Wildman–Crippen LogP) is 1.25. The van der Waals surface area contributed by atoms with Gasteiger partial charge in [-0.1, -0.05) is 6.42 Å². The predicted molar refractivity (Wildman–Crippen MR) is 92.7 cm³/mol. The second kappa shape index (κ2) is 6.84. The lowest BCUT2D eigenvalue weighted by molar-refractivity contribution is -0.233. The van der Waals surface area contributed by atoms with E-state index in [0.717, 1.165) is 6.92 Å². The van der Waals surface area contributed by atoms with Gasteiger partial charge in [-0.15, -0.1) is 0 Å². The van der Waals surface area contributed by atoms with Gasteiger partial charge in [-0.05, 0) is 32.1 Å². The highest BCUT2D eigenvalue weighted by molar-refractivity contribution is 7.87. The third-order valence-corrected chi connectivity index (χ3v) is 8.70. The summed E-state index contributed by atoms with van der Waals surface area (Å²) in [5, 5.41) is 7.77. The van der Waals surface area contributed by atoms with Crippen LogP contribution < -0.4 is 0 Å². The number of hydrogen-bond acceptors (Lipinski definition) is 8. The van der Waals surface area contributed by atoms with Crippen LogP contribution in [-0.2, 0) is 38.2 Å². The normalized spacial score (nSPS) is 38.2. The second-order valence-corrected chi connectivity index (χ2v) is 10.3. The van der Waals surface area contributed by atoms with Gasteiger partial charge in [-0.25, -0.2) is 4.79 Å². The molecule has 4 rings (SSSR count). The van der Waals surface area contributed by atoms with Crippen LogP contribution in [0.25, 0.3) is 0 Å². The van der Waals surface area contributed by atoms with Crippen molar-refractivity contribution in [3.05, 3.63) is 0 Å². The third-order valence-electron chi connectivity index (χ3n) is 6.90. The molecule has 1 N–H and O–H groups in total. The molecule has 0 aromatic rings. The van der Waals surface area contributed by atoms with Crippen molar-refractivity contribution in [3.8, 4) is 0 Å². The molecule has 168 valence electrons. The highest BCUT2D eigenvalue weighted by Crippen LogP contribution is 2.59. The number of alkyl halides is 2. The number of hydrogen-bond donors (Lipinski definition) is 1. The van der Waals surface area contributed by atoms with Crippen LogP contribution in [-0.4, -0.2) is 60.4 Å². The molecule has 30 heavy (non-hydrogen) atoms. The summed E-state index contributed by atoms with van der Waals surface area (Å²) in [6.07, 6.45) is -1.33. The maximum absolute atomic E-state index is 14.6. The molecule has 6 atom stereocenters. The zero-order valence-electron chi connectivity index (χ0n) is 16.1. The van der Waals surface area contributed by atoms with Gasteiger partial charge in [0.2, 0.25) is 0 Å². The van der Waals surface area contributed by atoms with Crippen LogP contribution in [0.5, 0.6) is 0 Å². The smallest absolute Gasteiger partial charge is 0.381 e. The first-order valence-electron chi connectivity index (χ1n) is 9.85. The van der Waals surface area contributed by atoms with E-state index in [2.05, 4.69) is 0 Å². The Hall–Kier alpha value is -1.82. The molecule has 1 aliphatic heterocycles. The Morgan fingerprint density at radius 2 is 1.77 bits per heavy atom. The minimum absolute atomic E-state index is 0.203. The number of carboxylic acids is 1. The summed E-state index contributed by atoms with van der Waals surface area (Å²) < 4.78 is 69.7. The van der Waals surface area contributed by atoms with Crippen molar-refractivity contribution in [2.75, 3.05) is 0 Å². The van der Waals surface area contributed by atoms with E-state index >= 15 is 0 Å². The van der Waals surface area contributed by atoms with E-state index in [1.807, 2.05) is 0 Å². The van der Waals surface area contributed by atoms with E-state index in [0.29, 0.717) is 6.42 Å². The summed E-state index contributed by atoms with van der Waals surface area (Å²) in [5.74, 6) is -11.4. The minimum Gasteiger partial charge on any atom is -0.477 e. The SMILES string of the molecule is CC(=O)OC1C2CC3C1OS(=O)(=O)C3C2C(=O)OC1(C(F)(F)C(=O)O)CCCCC1. The summed E-state index contributed by atoms with van der Waals surface area (Å²) in [4.78, 5) is 35.8. The first-order valence-corrected chi connectivity index (χ1v) is 11.3. The molecule has 4 aliphatic rings. The molecule has 0 aromatic heterocycles. The van der Waals surface area contributed by atoms with E-state index in [1.54, 1.807) is 0 Å². The first-order chi connectivity index (χ1) is 13.9. The van der Waals surface area contributed by atoms with E-state index in [-0.39, 0.29) is 32.1 Å². The number of carbonyl (C=O) groups excluding carboxylic acids is 2. The van der Waals surface area contributed by atoms with Gasteiger partial charge in [0, 0.05) is 18.8 Å². The minimum atomic E-state index is -4.33. The number of esters is 2. The molecule has 1 saturated heterocycles. The summed E-state index contributed by atoms with van der Waals surface area (Å²) >= 11 is 0. The van der Waals surface area contributed by atoms with E-state index in [4.69, 9.17) is 18.8 Å². The number of rotatable bonds is 5. The van der Waals surface area contributed by atoms with Crippen LogP contribution in [0, 0.1) is 17.8 Å². The Labute approximate surface area is 171 Å². The molecule has 0 amide bonds. The zero-order valence-corrected chi connectivity index (χ0v) is 16.9. The molecule has 12 heteroatoms. The van der Waals surface area contributed by atoms with Crippen LogP contribution in [0.2, 0.25) is 0 Å². The van der Waals surface area contributed by atoms with E-state index < -0.39 is 74.8 Å². The number of halogens is 2. The molecular weight excluding hydrogens is 430 g/mol. The van der Waals surface area contributed by atoms with Crippen LogP contribution in [0.3, 0.4) is 0 Å².